The van der Waals surface area contributed by atoms with Gasteiger partial charge in [-0.1, -0.05) is 24.3 Å². The number of hydrogen-bond acceptors (Lipinski definition) is 4. The maximum absolute atomic E-state index is 13.7. The van der Waals surface area contributed by atoms with Gasteiger partial charge in [0.25, 0.3) is 5.56 Å². The average Bonchev–Trinajstić information content (AvgIpc) is 2.75. The van der Waals surface area contributed by atoms with Gasteiger partial charge in [-0.2, -0.15) is 9.78 Å². The Balaban J connectivity index is 1.88. The summed E-state index contributed by atoms with van der Waals surface area (Å²) in [6.07, 6.45) is 1.57. The summed E-state index contributed by atoms with van der Waals surface area (Å²) < 4.78 is 51.3. The minimum absolute atomic E-state index is 0.0689. The summed E-state index contributed by atoms with van der Waals surface area (Å²) in [5.41, 5.74) is 1.79. The minimum atomic E-state index is -3.87. The van der Waals surface area contributed by atoms with Crippen LogP contribution in [-0.4, -0.2) is 18.2 Å². The van der Waals surface area contributed by atoms with E-state index in [0.29, 0.717) is 27.9 Å². The number of primary sulfonamides is 1. The molecule has 0 amide bonds. The Labute approximate surface area is 182 Å². The topological polar surface area (TPSA) is 95.1 Å². The highest BCUT2D eigenvalue weighted by Gasteiger charge is 2.16. The molecule has 4 rings (SSSR count). The van der Waals surface area contributed by atoms with Crippen molar-refractivity contribution < 1.29 is 17.2 Å². The Bertz CT molecular complexity index is 1450. The van der Waals surface area contributed by atoms with Crippen molar-refractivity contribution in [3.8, 4) is 16.8 Å². The molecule has 3 aromatic carbocycles. The number of sulfonamides is 1. The fourth-order valence-corrected chi connectivity index (χ4v) is 3.87. The highest BCUT2D eigenvalue weighted by molar-refractivity contribution is 7.89. The first kappa shape index (κ1) is 21.5. The van der Waals surface area contributed by atoms with Crippen molar-refractivity contribution in [2.24, 2.45) is 5.14 Å². The molecule has 0 atom stereocenters. The van der Waals surface area contributed by atoms with E-state index in [0.717, 1.165) is 4.68 Å². The van der Waals surface area contributed by atoms with Crippen LogP contribution in [-0.2, 0) is 16.4 Å². The molecule has 2 N–H and O–H groups in total. The van der Waals surface area contributed by atoms with Gasteiger partial charge in [-0.3, -0.25) is 4.79 Å². The Kier molecular flexibility index (Phi) is 5.68. The maximum atomic E-state index is 13.7. The van der Waals surface area contributed by atoms with Gasteiger partial charge in [0.15, 0.2) is 0 Å². The molecule has 0 unspecified atom stereocenters. The zero-order valence-electron chi connectivity index (χ0n) is 16.6. The summed E-state index contributed by atoms with van der Waals surface area (Å²) in [4.78, 5) is 13.3. The molecule has 32 heavy (non-hydrogen) atoms. The molecule has 0 fully saturated rings. The molecule has 6 nitrogen and oxygen atoms in total. The van der Waals surface area contributed by atoms with Gasteiger partial charge in [0.05, 0.1) is 16.8 Å². The van der Waals surface area contributed by atoms with Crippen molar-refractivity contribution >= 4 is 10.0 Å². The molecule has 0 aliphatic rings. The second kappa shape index (κ2) is 8.45. The molecule has 0 radical (unpaired) electrons. The molecule has 4 aromatic rings. The normalized spacial score (nSPS) is 11.5. The van der Waals surface area contributed by atoms with E-state index >= 15 is 0 Å². The number of rotatable bonds is 5. The predicted molar refractivity (Wildman–Crippen MR) is 116 cm³/mol. The van der Waals surface area contributed by atoms with Crippen LogP contribution in [0.4, 0.5) is 8.78 Å². The fraction of sp³-hybridized carbons (Fsp3) is 0.0435. The van der Waals surface area contributed by atoms with Crippen LogP contribution in [0.15, 0.2) is 88.7 Å². The number of halogens is 2. The van der Waals surface area contributed by atoms with E-state index in [-0.39, 0.29) is 11.3 Å². The summed E-state index contributed by atoms with van der Waals surface area (Å²) in [5, 5.41) is 9.37. The van der Waals surface area contributed by atoms with Crippen LogP contribution in [0.5, 0.6) is 0 Å². The lowest BCUT2D eigenvalue weighted by Gasteiger charge is -2.13. The first-order valence-corrected chi connectivity index (χ1v) is 11.0. The van der Waals surface area contributed by atoms with Crippen molar-refractivity contribution in [1.82, 2.24) is 9.78 Å². The highest BCUT2D eigenvalue weighted by atomic mass is 32.2. The monoisotopic (exact) mass is 453 g/mol. The Hall–Kier alpha value is -3.69. The Morgan fingerprint density at radius 1 is 0.906 bits per heavy atom. The third kappa shape index (κ3) is 4.48. The van der Waals surface area contributed by atoms with E-state index < -0.39 is 27.2 Å². The lowest BCUT2D eigenvalue weighted by Crippen LogP contribution is -2.25. The van der Waals surface area contributed by atoms with E-state index in [9.17, 15) is 22.0 Å². The summed E-state index contributed by atoms with van der Waals surface area (Å²) >= 11 is 0. The Morgan fingerprint density at radius 3 is 2.22 bits per heavy atom. The van der Waals surface area contributed by atoms with E-state index in [2.05, 4.69) is 5.10 Å². The van der Waals surface area contributed by atoms with Crippen molar-refractivity contribution in [2.45, 2.75) is 11.3 Å². The molecule has 1 aromatic heterocycles. The SMILES string of the molecule is NS(=O)(=O)c1ccc(-c2cnn(-c3ccc(F)cc3)c(=O)c2Cc2cccc(F)c2)cc1. The highest BCUT2D eigenvalue weighted by Crippen LogP contribution is 2.25. The van der Waals surface area contributed by atoms with Crippen molar-refractivity contribution in [2.75, 3.05) is 0 Å². The molecule has 0 saturated carbocycles. The van der Waals surface area contributed by atoms with Crippen LogP contribution in [0.3, 0.4) is 0 Å². The molecular weight excluding hydrogens is 436 g/mol. The molecule has 162 valence electrons. The third-order valence-electron chi connectivity index (χ3n) is 4.91. The number of aromatic nitrogens is 2. The second-order valence-electron chi connectivity index (χ2n) is 7.11. The fourth-order valence-electron chi connectivity index (χ4n) is 3.35. The number of nitrogens with zero attached hydrogens (tertiary/aromatic N) is 2. The molecule has 0 saturated heterocycles. The standard InChI is InChI=1S/C23H17F2N3O3S/c24-17-6-8-19(9-7-17)28-23(29)21(13-15-2-1-3-18(25)12-15)22(14-27-28)16-4-10-20(11-5-16)32(26,30)31/h1-12,14H,13H2,(H2,26,30,31). The first-order valence-electron chi connectivity index (χ1n) is 9.47. The smallest absolute Gasteiger partial charge is 0.267 e. The summed E-state index contributed by atoms with van der Waals surface area (Å²) in [5.74, 6) is -0.886. The van der Waals surface area contributed by atoms with Gasteiger partial charge < -0.3 is 0 Å². The van der Waals surface area contributed by atoms with E-state index in [4.69, 9.17) is 5.14 Å². The van der Waals surface area contributed by atoms with Crippen LogP contribution in [0.2, 0.25) is 0 Å². The third-order valence-corrected chi connectivity index (χ3v) is 5.84. The van der Waals surface area contributed by atoms with E-state index in [1.807, 2.05) is 0 Å². The summed E-state index contributed by atoms with van der Waals surface area (Å²) in [6.45, 7) is 0. The lowest BCUT2D eigenvalue weighted by atomic mass is 9.97. The summed E-state index contributed by atoms with van der Waals surface area (Å²) in [6, 6.07) is 16.9. The van der Waals surface area contributed by atoms with Crippen molar-refractivity contribution in [3.05, 3.63) is 112 Å². The van der Waals surface area contributed by atoms with Gasteiger partial charge in [-0.25, -0.2) is 22.3 Å². The van der Waals surface area contributed by atoms with Crippen LogP contribution in [0, 0.1) is 11.6 Å². The lowest BCUT2D eigenvalue weighted by molar-refractivity contribution is 0.598. The quantitative estimate of drug-likeness (QED) is 0.501. The second-order valence-corrected chi connectivity index (χ2v) is 8.67. The predicted octanol–water partition coefficient (Wildman–Crippen LogP) is 3.42. The van der Waals surface area contributed by atoms with E-state index in [1.54, 1.807) is 12.1 Å². The molecule has 0 aliphatic heterocycles. The van der Waals surface area contributed by atoms with Gasteiger partial charge in [0, 0.05) is 17.5 Å². The van der Waals surface area contributed by atoms with Crippen LogP contribution >= 0.6 is 0 Å². The van der Waals surface area contributed by atoms with Gasteiger partial charge >= 0.3 is 0 Å². The summed E-state index contributed by atoms with van der Waals surface area (Å²) in [7, 11) is -3.87. The number of nitrogens with two attached hydrogens (primary N) is 1. The molecule has 1 heterocycles. The zero-order valence-corrected chi connectivity index (χ0v) is 17.4. The van der Waals surface area contributed by atoms with Crippen LogP contribution < -0.4 is 10.7 Å². The van der Waals surface area contributed by atoms with Crippen LogP contribution in [0.1, 0.15) is 11.1 Å². The molecule has 0 aliphatic carbocycles. The Morgan fingerprint density at radius 2 is 1.59 bits per heavy atom. The largest absolute Gasteiger partial charge is 0.275 e. The number of hydrogen-bond donors (Lipinski definition) is 1. The van der Waals surface area contributed by atoms with Gasteiger partial charge in [0.2, 0.25) is 10.0 Å². The first-order chi connectivity index (χ1) is 15.2. The van der Waals surface area contributed by atoms with Gasteiger partial charge in [0.1, 0.15) is 11.6 Å². The zero-order chi connectivity index (χ0) is 22.9. The van der Waals surface area contributed by atoms with Crippen LogP contribution in [0.25, 0.3) is 16.8 Å². The minimum Gasteiger partial charge on any atom is -0.267 e. The van der Waals surface area contributed by atoms with Crippen molar-refractivity contribution in [1.29, 1.82) is 0 Å². The molecule has 0 bridgehead atoms. The van der Waals surface area contributed by atoms with Gasteiger partial charge in [-0.15, -0.1) is 0 Å². The number of benzene rings is 3. The molecular formula is C23H17F2N3O3S. The molecule has 0 spiro atoms. The van der Waals surface area contributed by atoms with Gasteiger partial charge in [-0.05, 0) is 59.7 Å². The average molecular weight is 453 g/mol. The van der Waals surface area contributed by atoms with Crippen molar-refractivity contribution in [3.63, 3.8) is 0 Å². The molecule has 9 heteroatoms. The maximum Gasteiger partial charge on any atom is 0.275 e. The van der Waals surface area contributed by atoms with E-state index in [1.165, 1.54) is 66.9 Å².